The summed E-state index contributed by atoms with van der Waals surface area (Å²) in [6.45, 7) is 0.855. The van der Waals surface area contributed by atoms with Crippen LogP contribution in [-0.2, 0) is 4.52 Å². The van der Waals surface area contributed by atoms with Crippen LogP contribution in [0.3, 0.4) is 0 Å². The first-order chi connectivity index (χ1) is 20.5. The van der Waals surface area contributed by atoms with Crippen molar-refractivity contribution in [1.29, 1.82) is 0 Å². The Morgan fingerprint density at radius 2 is 0.977 bits per heavy atom. The zero-order valence-electron chi connectivity index (χ0n) is 23.9. The van der Waals surface area contributed by atoms with Gasteiger partial charge in [0.05, 0.1) is 0 Å². The number of hydrogen-bond acceptors (Lipinski definition) is 6. The van der Waals surface area contributed by atoms with Gasteiger partial charge in [-0.25, -0.2) is 0 Å². The summed E-state index contributed by atoms with van der Waals surface area (Å²) in [5.41, 5.74) is 2.06. The molecule has 0 aromatic heterocycles. The summed E-state index contributed by atoms with van der Waals surface area (Å²) in [4.78, 5) is 26.7. The van der Waals surface area contributed by atoms with E-state index < -0.39 is 18.8 Å². The second-order valence-corrected chi connectivity index (χ2v) is 14.9. The number of carboxylic acid groups (broad SMARTS) is 1. The average molecular weight is 595 g/mol. The Kier molecular flexibility index (Phi) is 7.47. The summed E-state index contributed by atoms with van der Waals surface area (Å²) in [6, 6.07) is 29.6. The number of aryl methyl sites for hydroxylation is 3. The van der Waals surface area contributed by atoms with Crippen LogP contribution in [0, 0.1) is 20.8 Å². The molecule has 0 atom stereocenters. The first-order valence-corrected chi connectivity index (χ1v) is 15.7. The van der Waals surface area contributed by atoms with Crippen LogP contribution >= 0.6 is 6.83 Å². The molecule has 5 rings (SSSR count). The molecule has 0 aliphatic rings. The molecule has 5 aromatic rings. The van der Waals surface area contributed by atoms with E-state index in [1.807, 2.05) is 93.6 Å². The van der Waals surface area contributed by atoms with Crippen LogP contribution in [-0.4, -0.2) is 32.4 Å². The summed E-state index contributed by atoms with van der Waals surface area (Å²) in [5.74, 6) is -3.14. The van der Waals surface area contributed by atoms with Crippen molar-refractivity contribution >= 4 is 40.0 Å². The molecule has 43 heavy (non-hydrogen) atoms. The molecule has 5 aromatic carbocycles. The summed E-state index contributed by atoms with van der Waals surface area (Å²) in [7, 11) is 0. The topological polar surface area (TPSA) is 124 Å². The molecule has 7 nitrogen and oxygen atoms in total. The maximum absolute atomic E-state index is 14.5. The molecule has 0 unspecified atom stereocenters. The molecule has 218 valence electrons. The van der Waals surface area contributed by atoms with Gasteiger partial charge in [-0.2, -0.15) is 0 Å². The van der Waals surface area contributed by atoms with E-state index >= 15 is 0 Å². The van der Waals surface area contributed by atoms with E-state index in [0.717, 1.165) is 28.8 Å². The van der Waals surface area contributed by atoms with Crippen LogP contribution in [0.2, 0.25) is 0 Å². The van der Waals surface area contributed by atoms with Crippen molar-refractivity contribution in [2.24, 2.45) is 0 Å². The van der Waals surface area contributed by atoms with Gasteiger partial charge in [0.25, 0.3) is 0 Å². The summed E-state index contributed by atoms with van der Waals surface area (Å²) in [6.07, 6.45) is 0. The fourth-order valence-electron chi connectivity index (χ4n) is 5.52. The second-order valence-electron chi connectivity index (χ2n) is 10.6. The molecule has 8 heteroatoms. The van der Waals surface area contributed by atoms with Gasteiger partial charge < -0.3 is 0 Å². The van der Waals surface area contributed by atoms with Gasteiger partial charge in [-0.1, -0.05) is 0 Å². The molecule has 0 fully saturated rings. The van der Waals surface area contributed by atoms with E-state index in [2.05, 4.69) is 0 Å². The van der Waals surface area contributed by atoms with E-state index in [-0.39, 0.29) is 33.7 Å². The SMILES string of the molecule is Cc1ccc(P(OC(=O)c2cc(O)ccc2C(=O)O)(c2ccc(C)cc2)(c2ccc(C)cc2)c2cc(O)ccc2O)cc1. The van der Waals surface area contributed by atoms with Crippen molar-refractivity contribution in [2.45, 2.75) is 20.8 Å². The zero-order chi connectivity index (χ0) is 31.0. The normalized spacial score (nSPS) is 12.2. The van der Waals surface area contributed by atoms with Crippen molar-refractivity contribution < 1.29 is 34.5 Å². The Hall–Kier alpha value is -5.13. The van der Waals surface area contributed by atoms with Gasteiger partial charge in [-0.05, 0) is 0 Å². The molecule has 0 radical (unpaired) electrons. The number of hydrogen-bond donors (Lipinski definition) is 4. The number of carbonyl (C=O) groups is 2. The van der Waals surface area contributed by atoms with Gasteiger partial charge in [0.1, 0.15) is 0 Å². The molecule has 0 saturated carbocycles. The minimum absolute atomic E-state index is 0.146. The molecule has 0 spiro atoms. The molecule has 0 aliphatic heterocycles. The van der Waals surface area contributed by atoms with Gasteiger partial charge in [0.2, 0.25) is 0 Å². The number of benzene rings is 5. The molecule has 0 amide bonds. The Morgan fingerprint density at radius 3 is 1.42 bits per heavy atom. The van der Waals surface area contributed by atoms with Crippen molar-refractivity contribution in [2.75, 3.05) is 0 Å². The monoisotopic (exact) mass is 594 g/mol. The number of phenolic OH excluding ortho intramolecular Hbond substituents is 3. The number of rotatable bonds is 7. The summed E-state index contributed by atoms with van der Waals surface area (Å²) >= 11 is 0. The standard InChI is InChI=1S/C35H31O7P/c1-22-4-12-27(13-5-22)43(28-14-6-23(2)7-15-28,29-16-8-24(3)9-17-29,33-21-26(37)11-19-32(33)38)42-35(41)31-20-25(36)10-18-30(31)34(39)40/h4-21,36-38H,1-3H3,(H,39,40). The average Bonchev–Trinajstić information content (AvgIpc) is 2.98. The predicted octanol–water partition coefficient (Wildman–Crippen LogP) is 5.35. The third kappa shape index (κ3) is 4.78. The fourth-order valence-corrected chi connectivity index (χ4v) is 11.1. The van der Waals surface area contributed by atoms with Gasteiger partial charge in [0.15, 0.2) is 0 Å². The van der Waals surface area contributed by atoms with Crippen molar-refractivity contribution in [3.8, 4) is 17.2 Å². The van der Waals surface area contributed by atoms with Gasteiger partial charge in [0, 0.05) is 0 Å². The van der Waals surface area contributed by atoms with Crippen molar-refractivity contribution in [3.63, 3.8) is 0 Å². The van der Waals surface area contributed by atoms with Crippen LogP contribution in [0.4, 0.5) is 0 Å². The Bertz CT molecular complexity index is 1730. The van der Waals surface area contributed by atoms with Crippen LogP contribution in [0.25, 0.3) is 0 Å². The molecular formula is C35H31O7P. The van der Waals surface area contributed by atoms with Crippen molar-refractivity contribution in [3.05, 3.63) is 137 Å². The van der Waals surface area contributed by atoms with E-state index in [1.165, 1.54) is 24.3 Å². The van der Waals surface area contributed by atoms with Crippen LogP contribution < -0.4 is 21.2 Å². The summed E-state index contributed by atoms with van der Waals surface area (Å²) in [5, 5.41) is 44.5. The third-order valence-electron chi connectivity index (χ3n) is 7.72. The number of aromatic carboxylic acids is 1. The first kappa shape index (κ1) is 29.4. The van der Waals surface area contributed by atoms with E-state index in [4.69, 9.17) is 4.52 Å². The molecular weight excluding hydrogens is 563 g/mol. The Labute approximate surface area is 249 Å². The zero-order valence-corrected chi connectivity index (χ0v) is 24.7. The molecule has 0 bridgehead atoms. The maximum atomic E-state index is 14.5. The van der Waals surface area contributed by atoms with Crippen molar-refractivity contribution in [1.82, 2.24) is 0 Å². The van der Waals surface area contributed by atoms with E-state index in [9.17, 15) is 30.0 Å². The van der Waals surface area contributed by atoms with Crippen LogP contribution in [0.15, 0.2) is 109 Å². The van der Waals surface area contributed by atoms with Crippen LogP contribution in [0.1, 0.15) is 37.4 Å². The molecule has 0 saturated heterocycles. The second kappa shape index (κ2) is 10.9. The number of phenols is 3. The molecule has 4 N–H and O–H groups in total. The predicted molar refractivity (Wildman–Crippen MR) is 169 cm³/mol. The number of carboxylic acids is 1. The van der Waals surface area contributed by atoms with Gasteiger partial charge >= 0.3 is 250 Å². The van der Waals surface area contributed by atoms with Gasteiger partial charge in [-0.15, -0.1) is 0 Å². The Morgan fingerprint density at radius 1 is 0.558 bits per heavy atom. The van der Waals surface area contributed by atoms with E-state index in [1.54, 1.807) is 0 Å². The third-order valence-corrected chi connectivity index (χ3v) is 13.4. The number of carbonyl (C=O) groups excluding carboxylic acids is 1. The first-order valence-electron chi connectivity index (χ1n) is 13.5. The summed E-state index contributed by atoms with van der Waals surface area (Å²) < 4.78 is 6.90. The number of aromatic hydroxyl groups is 3. The molecule has 0 heterocycles. The molecule has 0 aliphatic carbocycles. The van der Waals surface area contributed by atoms with Gasteiger partial charge in [-0.3, -0.25) is 0 Å². The van der Waals surface area contributed by atoms with E-state index in [0.29, 0.717) is 15.9 Å². The quantitative estimate of drug-likeness (QED) is 0.148. The van der Waals surface area contributed by atoms with Crippen LogP contribution in [0.5, 0.6) is 17.2 Å². The Balaban J connectivity index is 2.05. The minimum atomic E-state index is -4.90. The fraction of sp³-hybridized carbons (Fsp3) is 0.0857.